The summed E-state index contributed by atoms with van der Waals surface area (Å²) in [5, 5.41) is 7.62. The minimum atomic E-state index is -4.89. The predicted molar refractivity (Wildman–Crippen MR) is 371 cm³/mol. The van der Waals surface area contributed by atoms with E-state index in [2.05, 4.69) is 16.0 Å². The van der Waals surface area contributed by atoms with E-state index in [1.165, 1.54) is 63.1 Å². The van der Waals surface area contributed by atoms with Crippen molar-refractivity contribution in [1.82, 2.24) is 60.0 Å². The molecular weight excluding hydrogens is 1390 g/mol. The second-order valence-corrected chi connectivity index (χ2v) is 30.4. The molecule has 3 saturated heterocycles. The number of alkyl halides is 6. The van der Waals surface area contributed by atoms with Gasteiger partial charge in [0.05, 0.1) is 43.2 Å². The van der Waals surface area contributed by atoms with E-state index in [9.17, 15) is 55.1 Å². The smallest absolute Gasteiger partial charge is 0.369 e. The molecule has 6 fully saturated rings. The Morgan fingerprint density at radius 2 is 1.20 bits per heavy atom. The number of rotatable bonds is 12. The Kier molecular flexibility index (Phi) is 30.1. The third kappa shape index (κ3) is 22.2. The van der Waals surface area contributed by atoms with Crippen LogP contribution in [0.2, 0.25) is 5.02 Å². The van der Waals surface area contributed by atoms with Crippen LogP contribution in [0.3, 0.4) is 0 Å². The number of piperidine rings is 1. The van der Waals surface area contributed by atoms with Gasteiger partial charge in [-0.05, 0) is 119 Å². The van der Waals surface area contributed by atoms with Crippen molar-refractivity contribution in [2.24, 2.45) is 17.8 Å². The van der Waals surface area contributed by atoms with E-state index >= 15 is 28.8 Å². The molecule has 1 aromatic rings. The van der Waals surface area contributed by atoms with Gasteiger partial charge in [0.2, 0.25) is 70.9 Å². The second-order valence-electron chi connectivity index (χ2n) is 30.0. The van der Waals surface area contributed by atoms with E-state index in [-0.39, 0.29) is 68.9 Å². The first-order chi connectivity index (χ1) is 48.9. The summed E-state index contributed by atoms with van der Waals surface area (Å²) in [6.45, 7) is -1.01. The summed E-state index contributed by atoms with van der Waals surface area (Å²) >= 11 is 6.15. The van der Waals surface area contributed by atoms with Crippen molar-refractivity contribution < 1.29 is 88.6 Å². The zero-order valence-electron chi connectivity index (χ0n) is 61.6. The summed E-state index contributed by atoms with van der Waals surface area (Å²) in [5.74, 6) is -10.3. The lowest BCUT2D eigenvalue weighted by molar-refractivity contribution is -0.177. The van der Waals surface area contributed by atoms with E-state index in [1.54, 1.807) is 18.7 Å². The molecule has 3 aliphatic heterocycles. The molecule has 25 nitrogen and oxygen atoms in total. The fourth-order valence-corrected chi connectivity index (χ4v) is 16.0. The molecule has 3 aliphatic carbocycles. The Hall–Kier alpha value is -7.31. The Bertz CT molecular complexity index is 3230. The van der Waals surface area contributed by atoms with Gasteiger partial charge in [0.15, 0.2) is 0 Å². The van der Waals surface area contributed by atoms with E-state index in [0.29, 0.717) is 83.7 Å². The number of hydrogen-bond donors (Lipinski definition) is 3. The highest BCUT2D eigenvalue weighted by molar-refractivity contribution is 6.31. The van der Waals surface area contributed by atoms with Gasteiger partial charge in [-0.3, -0.25) is 57.5 Å². The first kappa shape index (κ1) is 84.0. The monoisotopic (exact) mass is 1500 g/mol. The lowest BCUT2D eigenvalue weighted by Crippen LogP contribution is -2.65. The van der Waals surface area contributed by atoms with Crippen molar-refractivity contribution in [3.63, 3.8) is 0 Å². The number of ether oxygens (including phenoxy) is 1. The number of carbonyl (C=O) groups is 12. The molecule has 3 saturated carbocycles. The summed E-state index contributed by atoms with van der Waals surface area (Å²) in [6.07, 6.45) is 0.189. The van der Waals surface area contributed by atoms with Crippen molar-refractivity contribution >= 4 is 82.5 Å². The highest BCUT2D eigenvalue weighted by Gasteiger charge is 2.52. The first-order valence-electron chi connectivity index (χ1n) is 36.7. The summed E-state index contributed by atoms with van der Waals surface area (Å²) in [7, 11) is 9.16. The van der Waals surface area contributed by atoms with Crippen molar-refractivity contribution in [1.29, 1.82) is 0 Å². The van der Waals surface area contributed by atoms with E-state index < -0.39 is 187 Å². The number of likely N-dealkylation sites (tertiary alicyclic amines) is 1. The molecule has 3 heterocycles. The average Bonchev–Trinajstić information content (AvgIpc) is 1.41. The fourth-order valence-electron chi connectivity index (χ4n) is 15.7. The number of fused-ring (bicyclic) bond motifs is 1. The van der Waals surface area contributed by atoms with Gasteiger partial charge >= 0.3 is 12.4 Å². The average molecular weight is 1500 g/mol. The number of aryl methyl sites for hydroxylation is 1. The van der Waals surface area contributed by atoms with Crippen LogP contribution in [0.4, 0.5) is 26.3 Å². The number of carbonyl (C=O) groups excluding carboxylic acids is 12. The highest BCUT2D eigenvalue weighted by atomic mass is 35.5. The van der Waals surface area contributed by atoms with Gasteiger partial charge in [0, 0.05) is 69.0 Å². The summed E-state index contributed by atoms with van der Waals surface area (Å²) in [5.41, 5.74) is -2.46. The van der Waals surface area contributed by atoms with Crippen molar-refractivity contribution in [3.8, 4) is 0 Å². The molecule has 12 amide bonds. The summed E-state index contributed by atoms with van der Waals surface area (Å²) < 4.78 is 87.6. The molecule has 7 rings (SSSR count). The van der Waals surface area contributed by atoms with Crippen molar-refractivity contribution in [3.05, 3.63) is 34.3 Å². The number of hydrogen-bond acceptors (Lipinski definition) is 13. The molecule has 1 unspecified atom stereocenters. The fraction of sp³-hybridized carbons (Fsp3) is 0.750. The standard InChI is InChI=1S/C72H107ClF6N12O13/c1-45(2)36-54-62(96)81-52(43-104-44-71(74,75)76)64(98)85(5)41-59(94)83(3)42-60(95)87(7)55(38-46-22-13-10-14-23-46)66(100)84(4)40-57(92)80-51(30-28-47-27-29-49(50(73)37-47)72(77,78)79)65(99)91-35-21-26-53(91)63(97)82-70(31-17-18-32-70)69(103)89(9)61(48-24-15-11-16-25-48)68(102)88(8)56(39-58(93)86(54)6)67(101)90-33-19-12-20-34-90/h27,29,37,45-46,48,51-56,61H,10-26,28,30-36,38-44H2,1-9H3,(H,80,92)(H,81,96)(H,82,97)/t51-,52-,53?,54-,55-,56-,61-/m0/s1. The van der Waals surface area contributed by atoms with Crippen LogP contribution in [0.25, 0.3) is 0 Å². The van der Waals surface area contributed by atoms with Gasteiger partial charge in [-0.15, -0.1) is 0 Å². The molecule has 582 valence electrons. The molecule has 104 heavy (non-hydrogen) atoms. The molecule has 0 bridgehead atoms. The largest absolute Gasteiger partial charge is 0.417 e. The van der Waals surface area contributed by atoms with Crippen LogP contribution in [0, 0.1) is 17.8 Å². The van der Waals surface area contributed by atoms with Crippen LogP contribution in [-0.4, -0.2) is 271 Å². The van der Waals surface area contributed by atoms with Crippen LogP contribution < -0.4 is 16.0 Å². The number of nitrogens with one attached hydrogen (secondary N) is 3. The first-order valence-corrected chi connectivity index (χ1v) is 37.1. The molecular formula is C72H107ClF6N12O13. The maximum atomic E-state index is 15.8. The van der Waals surface area contributed by atoms with Gasteiger partial charge in [-0.2, -0.15) is 26.3 Å². The van der Waals surface area contributed by atoms with Crippen LogP contribution in [-0.2, 0) is 74.9 Å². The molecule has 1 aromatic carbocycles. The van der Waals surface area contributed by atoms with Gasteiger partial charge in [0.25, 0.3) is 0 Å². The zero-order valence-corrected chi connectivity index (χ0v) is 62.4. The molecule has 32 heteroatoms. The summed E-state index contributed by atoms with van der Waals surface area (Å²) in [4.78, 5) is 189. The Morgan fingerprint density at radius 1 is 0.606 bits per heavy atom. The highest BCUT2D eigenvalue weighted by Crippen LogP contribution is 2.39. The maximum Gasteiger partial charge on any atom is 0.417 e. The minimum absolute atomic E-state index is 0.00345. The topological polar surface area (TPSA) is 279 Å². The number of likely N-dealkylation sites (N-methyl/N-ethyl adjacent to an activating group) is 7. The molecule has 0 radical (unpaired) electrons. The minimum Gasteiger partial charge on any atom is -0.369 e. The lowest BCUT2D eigenvalue weighted by Gasteiger charge is -2.43. The van der Waals surface area contributed by atoms with Crippen LogP contribution in [0.15, 0.2) is 18.2 Å². The molecule has 7 atom stereocenters. The number of nitrogens with zero attached hydrogens (tertiary/aromatic N) is 9. The van der Waals surface area contributed by atoms with Gasteiger partial charge < -0.3 is 64.8 Å². The molecule has 1 spiro atoms. The Morgan fingerprint density at radius 3 is 1.81 bits per heavy atom. The van der Waals surface area contributed by atoms with E-state index in [1.807, 2.05) is 0 Å². The molecule has 0 aromatic heterocycles. The molecule has 3 N–H and O–H groups in total. The van der Waals surface area contributed by atoms with Crippen molar-refractivity contribution in [2.45, 2.75) is 228 Å². The number of benzene rings is 1. The van der Waals surface area contributed by atoms with Crippen molar-refractivity contribution in [2.75, 3.05) is 102 Å². The van der Waals surface area contributed by atoms with Crippen LogP contribution in [0.1, 0.15) is 173 Å². The lowest BCUT2D eigenvalue weighted by atomic mass is 9.81. The Balaban J connectivity index is 1.30. The second kappa shape index (κ2) is 37.3. The van der Waals surface area contributed by atoms with Crippen LogP contribution in [0.5, 0.6) is 0 Å². The van der Waals surface area contributed by atoms with Gasteiger partial charge in [-0.1, -0.05) is 95.7 Å². The molecule has 6 aliphatic rings. The number of halogens is 7. The zero-order chi connectivity index (χ0) is 76.7. The third-order valence-electron chi connectivity index (χ3n) is 21.7. The third-order valence-corrected chi connectivity index (χ3v) is 22.1. The summed E-state index contributed by atoms with van der Waals surface area (Å²) in [6, 6.07) is -6.99. The van der Waals surface area contributed by atoms with Crippen LogP contribution >= 0.6 is 11.6 Å². The normalized spacial score (nSPS) is 26.2. The SMILES string of the molecule is CC(C)C[C@H]1C(=O)N[C@@H](COCC(F)(F)F)C(=O)N(C)CC(=O)N(C)CC(=O)N(C)[C@@H](CC2CCCCC2)C(=O)N(C)CC(=O)N[C@@H](CCc2ccc(C(F)(F)F)c(Cl)c2)C(=O)N2CCCC2C(=O)NC2(CCCC2)C(=O)N(C)[C@@H](C2CCCCC2)C(=O)N(C)[C@H](C(=O)N2CCCCC2)CC(=O)N1C. The Labute approximate surface area is 610 Å². The quantitative estimate of drug-likeness (QED) is 0.204. The van der Waals surface area contributed by atoms with E-state index in [0.717, 1.165) is 75.8 Å². The predicted octanol–water partition coefficient (Wildman–Crippen LogP) is 5.96. The van der Waals surface area contributed by atoms with Gasteiger partial charge in [-0.25, -0.2) is 0 Å². The maximum absolute atomic E-state index is 15.8. The number of amides is 12. The van der Waals surface area contributed by atoms with Gasteiger partial charge in [0.1, 0.15) is 54.4 Å². The van der Waals surface area contributed by atoms with E-state index in [4.69, 9.17) is 16.3 Å².